The van der Waals surface area contributed by atoms with Gasteiger partial charge in [-0.1, -0.05) is 42.5 Å². The maximum Gasteiger partial charge on any atom is 0.317 e. The number of aromatic nitrogens is 2. The van der Waals surface area contributed by atoms with E-state index in [-0.39, 0.29) is 24.9 Å². The molecule has 1 fully saturated rings. The van der Waals surface area contributed by atoms with Gasteiger partial charge in [-0.05, 0) is 36.1 Å². The Bertz CT molecular complexity index is 982. The van der Waals surface area contributed by atoms with Gasteiger partial charge in [0.2, 0.25) is 0 Å². The highest BCUT2D eigenvalue weighted by molar-refractivity contribution is 5.75. The Morgan fingerprint density at radius 2 is 1.87 bits per heavy atom. The van der Waals surface area contributed by atoms with E-state index in [2.05, 4.69) is 22.4 Å². The van der Waals surface area contributed by atoms with Crippen molar-refractivity contribution in [2.75, 3.05) is 13.1 Å². The number of carbonyl (C=O) groups excluding carboxylic acids is 1. The molecule has 0 radical (unpaired) electrons. The Hall–Kier alpha value is -3.19. The zero-order valence-corrected chi connectivity index (χ0v) is 16.7. The van der Waals surface area contributed by atoms with Crippen molar-refractivity contribution in [1.29, 1.82) is 0 Å². The van der Waals surface area contributed by atoms with Gasteiger partial charge in [0, 0.05) is 18.9 Å². The number of aliphatic hydroxyl groups is 1. The molecule has 0 unspecified atom stereocenters. The largest absolute Gasteiger partial charge is 0.381 e. The van der Waals surface area contributed by atoms with E-state index in [1.165, 1.54) is 22.6 Å². The van der Waals surface area contributed by atoms with Gasteiger partial charge in [-0.15, -0.1) is 0 Å². The lowest BCUT2D eigenvalue weighted by molar-refractivity contribution is -0.0816. The van der Waals surface area contributed by atoms with Crippen molar-refractivity contribution in [3.05, 3.63) is 89.8 Å². The Morgan fingerprint density at radius 1 is 1.13 bits per heavy atom. The van der Waals surface area contributed by atoms with Crippen molar-refractivity contribution in [3.8, 4) is 0 Å². The van der Waals surface area contributed by atoms with Crippen LogP contribution in [0, 0.1) is 5.82 Å². The molecule has 1 aromatic heterocycles. The molecule has 2 aromatic carbocycles. The highest BCUT2D eigenvalue weighted by Gasteiger charge is 2.45. The quantitative estimate of drug-likeness (QED) is 0.631. The molecule has 6 nitrogen and oxygen atoms in total. The first-order chi connectivity index (χ1) is 14.5. The van der Waals surface area contributed by atoms with Gasteiger partial charge in [-0.2, -0.15) is 0 Å². The van der Waals surface area contributed by atoms with Gasteiger partial charge >= 0.3 is 6.03 Å². The molecule has 0 spiro atoms. The molecule has 1 aliphatic heterocycles. The summed E-state index contributed by atoms with van der Waals surface area (Å²) < 4.78 is 15.1. The summed E-state index contributed by atoms with van der Waals surface area (Å²) in [7, 11) is 0. The molecule has 2 heterocycles. The molecule has 7 heteroatoms. The number of aryl methyl sites for hydroxylation is 2. The minimum atomic E-state index is -1.12. The molecule has 1 aliphatic rings. The number of nitrogens with one attached hydrogen (secondary N) is 1. The minimum Gasteiger partial charge on any atom is -0.381 e. The van der Waals surface area contributed by atoms with E-state index < -0.39 is 5.60 Å². The monoisotopic (exact) mass is 408 g/mol. The van der Waals surface area contributed by atoms with E-state index in [0.29, 0.717) is 12.1 Å². The van der Waals surface area contributed by atoms with Crippen LogP contribution in [-0.4, -0.2) is 38.7 Å². The Morgan fingerprint density at radius 3 is 2.60 bits per heavy atom. The van der Waals surface area contributed by atoms with Crippen LogP contribution < -0.4 is 5.32 Å². The molecule has 156 valence electrons. The molecule has 4 rings (SSSR count). The first-order valence-corrected chi connectivity index (χ1v) is 10.1. The number of likely N-dealkylation sites (tertiary alicyclic amines) is 1. The lowest BCUT2D eigenvalue weighted by Crippen LogP contribution is -2.63. The molecule has 0 aliphatic carbocycles. The third kappa shape index (κ3) is 4.52. The van der Waals surface area contributed by atoms with E-state index >= 15 is 0 Å². The van der Waals surface area contributed by atoms with Crippen LogP contribution in [0.5, 0.6) is 0 Å². The summed E-state index contributed by atoms with van der Waals surface area (Å²) in [6, 6.07) is 15.8. The van der Waals surface area contributed by atoms with Crippen LogP contribution in [0.25, 0.3) is 0 Å². The first-order valence-electron chi connectivity index (χ1n) is 10.1. The normalized spacial score (nSPS) is 14.9. The van der Waals surface area contributed by atoms with E-state index in [9.17, 15) is 14.3 Å². The molecule has 0 saturated carbocycles. The van der Waals surface area contributed by atoms with Gasteiger partial charge in [0.05, 0.1) is 19.6 Å². The molecule has 2 amide bonds. The number of halogens is 1. The average Bonchev–Trinajstić information content (AvgIpc) is 3.18. The summed E-state index contributed by atoms with van der Waals surface area (Å²) in [6.07, 6.45) is 5.63. The highest BCUT2D eigenvalue weighted by Crippen LogP contribution is 2.31. The maximum absolute atomic E-state index is 13.1. The summed E-state index contributed by atoms with van der Waals surface area (Å²) >= 11 is 0. The number of β-amino-alcohol motifs (C(OH)–C–C–N with tert-alkyl or cyclic N) is 1. The highest BCUT2D eigenvalue weighted by atomic mass is 19.1. The lowest BCUT2D eigenvalue weighted by atomic mass is 9.86. The SMILES string of the molecule is O=C(NCc1nccn1CCCc1ccccc1)N1CC(O)(c2ccc(F)cc2)C1. The molecule has 0 atom stereocenters. The fourth-order valence-electron chi connectivity index (χ4n) is 3.75. The third-order valence-corrected chi connectivity index (χ3v) is 5.48. The van der Waals surface area contributed by atoms with Crippen LogP contribution in [0.1, 0.15) is 23.4 Å². The smallest absolute Gasteiger partial charge is 0.317 e. The van der Waals surface area contributed by atoms with Crippen LogP contribution in [0.15, 0.2) is 67.0 Å². The Labute approximate surface area is 175 Å². The van der Waals surface area contributed by atoms with Crippen LogP contribution in [0.2, 0.25) is 0 Å². The summed E-state index contributed by atoms with van der Waals surface area (Å²) in [5.74, 6) is 0.446. The van der Waals surface area contributed by atoms with Crippen LogP contribution >= 0.6 is 0 Å². The summed E-state index contributed by atoms with van der Waals surface area (Å²) in [5, 5.41) is 13.5. The van der Waals surface area contributed by atoms with Crippen molar-refractivity contribution in [3.63, 3.8) is 0 Å². The van der Waals surface area contributed by atoms with Crippen molar-refractivity contribution in [2.24, 2.45) is 0 Å². The van der Waals surface area contributed by atoms with Gasteiger partial charge in [0.15, 0.2) is 0 Å². The molecular weight excluding hydrogens is 383 g/mol. The van der Waals surface area contributed by atoms with Crippen molar-refractivity contribution >= 4 is 6.03 Å². The number of benzene rings is 2. The third-order valence-electron chi connectivity index (χ3n) is 5.48. The lowest BCUT2D eigenvalue weighted by Gasteiger charge is -2.46. The van der Waals surface area contributed by atoms with Gasteiger partial charge in [-0.3, -0.25) is 0 Å². The number of hydrogen-bond donors (Lipinski definition) is 2. The molecule has 1 saturated heterocycles. The second-order valence-corrected chi connectivity index (χ2v) is 7.68. The fraction of sp³-hybridized carbons (Fsp3) is 0.304. The van der Waals surface area contributed by atoms with Crippen molar-refractivity contribution < 1.29 is 14.3 Å². The van der Waals surface area contributed by atoms with E-state index in [0.717, 1.165) is 25.2 Å². The molecule has 2 N–H and O–H groups in total. The second-order valence-electron chi connectivity index (χ2n) is 7.68. The number of rotatable bonds is 7. The summed E-state index contributed by atoms with van der Waals surface area (Å²) in [5.41, 5.74) is 0.793. The average molecular weight is 408 g/mol. The van der Waals surface area contributed by atoms with Gasteiger partial charge < -0.3 is 19.9 Å². The standard InChI is InChI=1S/C23H25FN4O2/c24-20-10-8-19(9-11-20)23(30)16-28(17-23)22(29)26-15-21-25-12-14-27(21)13-4-7-18-5-2-1-3-6-18/h1-3,5-6,8-12,14,30H,4,7,13,15-17H2,(H,26,29). The molecular formula is C23H25FN4O2. The number of nitrogens with zero attached hydrogens (tertiary/aromatic N) is 3. The number of urea groups is 1. The van der Waals surface area contributed by atoms with Crippen LogP contribution in [0.3, 0.4) is 0 Å². The summed E-state index contributed by atoms with van der Waals surface area (Å²) in [4.78, 5) is 18.3. The van der Waals surface area contributed by atoms with Gasteiger partial charge in [0.1, 0.15) is 17.2 Å². The zero-order chi connectivity index (χ0) is 21.0. The second kappa shape index (κ2) is 8.67. The number of carbonyl (C=O) groups is 1. The maximum atomic E-state index is 13.1. The molecule has 0 bridgehead atoms. The predicted octanol–water partition coefficient (Wildman–Crippen LogP) is 3.07. The van der Waals surface area contributed by atoms with E-state index in [4.69, 9.17) is 0 Å². The molecule has 3 aromatic rings. The number of hydrogen-bond acceptors (Lipinski definition) is 3. The Balaban J connectivity index is 1.24. The number of amides is 2. The zero-order valence-electron chi connectivity index (χ0n) is 16.7. The predicted molar refractivity (Wildman–Crippen MR) is 111 cm³/mol. The Kier molecular flexibility index (Phi) is 5.81. The van der Waals surface area contributed by atoms with Gasteiger partial charge in [-0.25, -0.2) is 14.2 Å². The first kappa shape index (κ1) is 20.1. The van der Waals surface area contributed by atoms with Crippen LogP contribution in [0.4, 0.5) is 9.18 Å². The topological polar surface area (TPSA) is 70.4 Å². The van der Waals surface area contributed by atoms with Crippen molar-refractivity contribution in [2.45, 2.75) is 31.5 Å². The number of imidazole rings is 1. The van der Waals surface area contributed by atoms with E-state index in [1.807, 2.05) is 29.0 Å². The fourth-order valence-corrected chi connectivity index (χ4v) is 3.75. The van der Waals surface area contributed by atoms with E-state index in [1.54, 1.807) is 18.3 Å². The summed E-state index contributed by atoms with van der Waals surface area (Å²) in [6.45, 7) is 1.50. The molecule has 30 heavy (non-hydrogen) atoms. The van der Waals surface area contributed by atoms with Crippen molar-refractivity contribution in [1.82, 2.24) is 19.8 Å². The van der Waals surface area contributed by atoms with Crippen LogP contribution in [-0.2, 0) is 25.1 Å². The minimum absolute atomic E-state index is 0.177. The van der Waals surface area contributed by atoms with Gasteiger partial charge in [0.25, 0.3) is 0 Å².